The smallest absolute Gasteiger partial charge is 0.277 e. The molecular weight excluding hydrogens is 266 g/mol. The summed E-state index contributed by atoms with van der Waals surface area (Å²) in [7, 11) is 0. The van der Waals surface area contributed by atoms with Gasteiger partial charge >= 0.3 is 0 Å². The molecule has 1 saturated heterocycles. The largest absolute Gasteiger partial charge is 0.342 e. The van der Waals surface area contributed by atoms with Gasteiger partial charge in [0.1, 0.15) is 0 Å². The quantitative estimate of drug-likeness (QED) is 0.849. The van der Waals surface area contributed by atoms with Crippen molar-refractivity contribution in [2.24, 2.45) is 0 Å². The van der Waals surface area contributed by atoms with E-state index in [9.17, 15) is 4.79 Å². The lowest BCUT2D eigenvalue weighted by Crippen LogP contribution is -2.44. The van der Waals surface area contributed by atoms with Crippen LogP contribution in [0.4, 0.5) is 0 Å². The molecular formula is C17H17NO3. The molecule has 108 valence electrons. The van der Waals surface area contributed by atoms with Crippen LogP contribution in [0.1, 0.15) is 29.1 Å². The highest BCUT2D eigenvalue weighted by atomic mass is 16.8. The first-order valence-electron chi connectivity index (χ1n) is 6.98. The number of ether oxygens (including phenoxy) is 1. The van der Waals surface area contributed by atoms with Crippen molar-refractivity contribution in [3.8, 4) is 0 Å². The molecule has 3 rings (SSSR count). The topological polar surface area (TPSA) is 38.8 Å². The Balaban J connectivity index is 1.79. The molecule has 4 nitrogen and oxygen atoms in total. The van der Waals surface area contributed by atoms with Crippen LogP contribution in [-0.4, -0.2) is 23.6 Å². The average molecular weight is 283 g/mol. The molecule has 21 heavy (non-hydrogen) atoms. The molecule has 2 aromatic rings. The van der Waals surface area contributed by atoms with Gasteiger partial charge in [-0.1, -0.05) is 48.5 Å². The van der Waals surface area contributed by atoms with Crippen LogP contribution in [0.25, 0.3) is 0 Å². The maximum absolute atomic E-state index is 12.5. The molecule has 0 radical (unpaired) electrons. The van der Waals surface area contributed by atoms with Crippen molar-refractivity contribution < 1.29 is 14.4 Å². The predicted molar refractivity (Wildman–Crippen MR) is 78.3 cm³/mol. The molecule has 0 bridgehead atoms. The molecule has 0 unspecified atom stereocenters. The highest BCUT2D eigenvalue weighted by molar-refractivity contribution is 5.93. The summed E-state index contributed by atoms with van der Waals surface area (Å²) in [5.74, 6) is -0.147. The summed E-state index contributed by atoms with van der Waals surface area (Å²) in [6, 6.07) is 18.7. The Morgan fingerprint density at radius 1 is 1.05 bits per heavy atom. The second-order valence-corrected chi connectivity index (χ2v) is 5.03. The number of carbonyl (C=O) groups is 1. The van der Waals surface area contributed by atoms with E-state index in [2.05, 4.69) is 0 Å². The van der Waals surface area contributed by atoms with Crippen LogP contribution in [0.15, 0.2) is 60.7 Å². The zero-order valence-corrected chi connectivity index (χ0v) is 11.8. The Bertz CT molecular complexity index is 600. The molecule has 1 heterocycles. The molecule has 0 aromatic heterocycles. The van der Waals surface area contributed by atoms with Gasteiger partial charge in [0.05, 0.1) is 12.6 Å². The number of hydroxylamine groups is 2. The minimum absolute atomic E-state index is 0.0865. The van der Waals surface area contributed by atoms with E-state index in [0.29, 0.717) is 12.1 Å². The average Bonchev–Trinajstić information content (AvgIpc) is 2.55. The molecule has 1 fully saturated rings. The van der Waals surface area contributed by atoms with E-state index in [1.54, 1.807) is 12.1 Å². The van der Waals surface area contributed by atoms with E-state index in [1.165, 1.54) is 5.06 Å². The summed E-state index contributed by atoms with van der Waals surface area (Å²) in [5.41, 5.74) is 1.51. The summed E-state index contributed by atoms with van der Waals surface area (Å²) >= 11 is 0. The Morgan fingerprint density at radius 2 is 1.67 bits per heavy atom. The molecule has 2 atom stereocenters. The van der Waals surface area contributed by atoms with Crippen LogP contribution in [-0.2, 0) is 9.57 Å². The van der Waals surface area contributed by atoms with Gasteiger partial charge in [-0.3, -0.25) is 4.79 Å². The van der Waals surface area contributed by atoms with Gasteiger partial charge in [0.15, 0.2) is 0 Å². The van der Waals surface area contributed by atoms with Gasteiger partial charge in [0.25, 0.3) is 5.91 Å². The van der Waals surface area contributed by atoms with Gasteiger partial charge in [-0.2, -0.15) is 0 Å². The van der Waals surface area contributed by atoms with E-state index in [0.717, 1.165) is 5.56 Å². The minimum Gasteiger partial charge on any atom is -0.342 e. The first kappa shape index (κ1) is 13.8. The Hall–Kier alpha value is -2.17. The van der Waals surface area contributed by atoms with Crippen molar-refractivity contribution in [1.82, 2.24) is 5.06 Å². The second kappa shape index (κ2) is 6.08. The second-order valence-electron chi connectivity index (χ2n) is 5.03. The van der Waals surface area contributed by atoms with Gasteiger partial charge in [-0.25, -0.2) is 9.90 Å². The van der Waals surface area contributed by atoms with Crippen molar-refractivity contribution in [3.63, 3.8) is 0 Å². The maximum Gasteiger partial charge on any atom is 0.277 e. The van der Waals surface area contributed by atoms with E-state index < -0.39 is 6.29 Å². The Kier molecular flexibility index (Phi) is 3.99. The molecule has 1 aliphatic heterocycles. The van der Waals surface area contributed by atoms with Crippen molar-refractivity contribution in [2.75, 3.05) is 6.54 Å². The van der Waals surface area contributed by atoms with Gasteiger partial charge in [0, 0.05) is 11.1 Å². The first-order chi connectivity index (χ1) is 10.2. The van der Waals surface area contributed by atoms with E-state index in [-0.39, 0.29) is 12.0 Å². The van der Waals surface area contributed by atoms with Crippen LogP contribution in [0, 0.1) is 0 Å². The van der Waals surface area contributed by atoms with Crippen LogP contribution in [0.5, 0.6) is 0 Å². The van der Waals surface area contributed by atoms with Crippen LogP contribution >= 0.6 is 0 Å². The molecule has 0 spiro atoms. The van der Waals surface area contributed by atoms with Crippen LogP contribution in [0.2, 0.25) is 0 Å². The molecule has 1 aliphatic rings. The third kappa shape index (κ3) is 3.12. The fourth-order valence-corrected chi connectivity index (χ4v) is 2.28. The van der Waals surface area contributed by atoms with Crippen molar-refractivity contribution in [3.05, 3.63) is 71.8 Å². The Morgan fingerprint density at radius 3 is 2.33 bits per heavy atom. The number of amides is 1. The summed E-state index contributed by atoms with van der Waals surface area (Å²) in [6.45, 7) is 2.35. The normalized spacial score (nSPS) is 22.0. The van der Waals surface area contributed by atoms with E-state index >= 15 is 0 Å². The first-order valence-corrected chi connectivity index (χ1v) is 6.98. The highest BCUT2D eigenvalue weighted by Crippen LogP contribution is 2.27. The zero-order chi connectivity index (χ0) is 14.7. The summed E-state index contributed by atoms with van der Waals surface area (Å²) in [4.78, 5) is 18.2. The number of benzene rings is 2. The van der Waals surface area contributed by atoms with Gasteiger partial charge < -0.3 is 4.74 Å². The monoisotopic (exact) mass is 283 g/mol. The third-order valence-electron chi connectivity index (χ3n) is 3.32. The zero-order valence-electron chi connectivity index (χ0n) is 11.8. The number of rotatable bonds is 2. The standard InChI is InChI=1S/C17H17NO3/c1-13-12-18(16(19)14-8-4-2-5-9-14)21-17(20-13)15-10-6-3-7-11-15/h2-11,13,17H,12H2,1H3/t13-,17-/m0/s1. The third-order valence-corrected chi connectivity index (χ3v) is 3.32. The fraction of sp³-hybridized carbons (Fsp3) is 0.235. The lowest BCUT2D eigenvalue weighted by atomic mass is 10.2. The van der Waals surface area contributed by atoms with Gasteiger partial charge in [0.2, 0.25) is 6.29 Å². The van der Waals surface area contributed by atoms with Gasteiger partial charge in [-0.15, -0.1) is 0 Å². The number of hydrogen-bond donors (Lipinski definition) is 0. The van der Waals surface area contributed by atoms with E-state index in [1.807, 2.05) is 55.5 Å². The fourth-order valence-electron chi connectivity index (χ4n) is 2.28. The lowest BCUT2D eigenvalue weighted by Gasteiger charge is -2.36. The summed E-state index contributed by atoms with van der Waals surface area (Å²) in [5, 5.41) is 1.39. The van der Waals surface area contributed by atoms with Crippen molar-refractivity contribution in [1.29, 1.82) is 0 Å². The number of carbonyl (C=O) groups excluding carboxylic acids is 1. The number of hydrogen-bond acceptors (Lipinski definition) is 3. The van der Waals surface area contributed by atoms with Crippen LogP contribution in [0.3, 0.4) is 0 Å². The summed E-state index contributed by atoms with van der Waals surface area (Å²) < 4.78 is 5.77. The molecule has 4 heteroatoms. The predicted octanol–water partition coefficient (Wildman–Crippen LogP) is 3.18. The SMILES string of the molecule is C[C@H]1CN(C(=O)c2ccccc2)O[C@@H](c2ccccc2)O1. The maximum atomic E-state index is 12.5. The van der Waals surface area contributed by atoms with E-state index in [4.69, 9.17) is 9.57 Å². The van der Waals surface area contributed by atoms with Crippen molar-refractivity contribution >= 4 is 5.91 Å². The van der Waals surface area contributed by atoms with Gasteiger partial charge in [-0.05, 0) is 19.1 Å². The molecule has 0 aliphatic carbocycles. The summed E-state index contributed by atoms with van der Waals surface area (Å²) in [6.07, 6.45) is -0.640. The highest BCUT2D eigenvalue weighted by Gasteiger charge is 2.31. The molecule has 2 aromatic carbocycles. The number of nitrogens with zero attached hydrogens (tertiary/aromatic N) is 1. The molecule has 0 N–H and O–H groups in total. The lowest BCUT2D eigenvalue weighted by molar-refractivity contribution is -0.320. The molecule has 0 saturated carbocycles. The molecule has 1 amide bonds. The van der Waals surface area contributed by atoms with Crippen LogP contribution < -0.4 is 0 Å². The Labute approximate surface area is 123 Å². The van der Waals surface area contributed by atoms with Crippen molar-refractivity contribution in [2.45, 2.75) is 19.3 Å². The minimum atomic E-state index is -0.553.